The van der Waals surface area contributed by atoms with Crippen LogP contribution in [0.5, 0.6) is 5.75 Å². The van der Waals surface area contributed by atoms with Gasteiger partial charge in [0.05, 0.1) is 26.9 Å². The summed E-state index contributed by atoms with van der Waals surface area (Å²) in [6.45, 7) is 9.46. The van der Waals surface area contributed by atoms with Gasteiger partial charge in [-0.25, -0.2) is 0 Å². The minimum absolute atomic E-state index is 0. The molecule has 0 amide bonds. The summed E-state index contributed by atoms with van der Waals surface area (Å²) in [5.74, 6) is 1.85. The number of methoxy groups -OCH3 is 1. The van der Waals surface area contributed by atoms with Crippen LogP contribution in [0.4, 0.5) is 0 Å². The summed E-state index contributed by atoms with van der Waals surface area (Å²) in [6.07, 6.45) is 4.93. The van der Waals surface area contributed by atoms with E-state index in [1.165, 1.54) is 31.2 Å². The van der Waals surface area contributed by atoms with E-state index in [0.717, 1.165) is 64.2 Å². The van der Waals surface area contributed by atoms with Crippen LogP contribution < -0.4 is 15.4 Å². The molecule has 0 radical (unpaired) electrons. The molecule has 7 heteroatoms. The van der Waals surface area contributed by atoms with Gasteiger partial charge < -0.3 is 20.1 Å². The lowest BCUT2D eigenvalue weighted by Gasteiger charge is -2.29. The Kier molecular flexibility index (Phi) is 10.5. The number of halogens is 1. The average molecular weight is 516 g/mol. The molecule has 6 nitrogen and oxygen atoms in total. The zero-order valence-corrected chi connectivity index (χ0v) is 20.2. The number of nitrogens with zero attached hydrogens (tertiary/aromatic N) is 2. The van der Waals surface area contributed by atoms with Crippen molar-refractivity contribution in [1.29, 1.82) is 0 Å². The van der Waals surface area contributed by atoms with E-state index in [-0.39, 0.29) is 29.4 Å². The van der Waals surface area contributed by atoms with E-state index in [2.05, 4.69) is 40.7 Å². The summed E-state index contributed by atoms with van der Waals surface area (Å²) in [4.78, 5) is 7.43. The maximum atomic E-state index is 5.46. The highest BCUT2D eigenvalue weighted by molar-refractivity contribution is 14.0. The SMILES string of the molecule is CCNC(=NCC1(c2cccc(OC)c2)CCCC1)NCCN1CCOCC1.I. The first-order valence-electron chi connectivity index (χ1n) is 10.7. The van der Waals surface area contributed by atoms with Crippen molar-refractivity contribution in [1.82, 2.24) is 15.5 Å². The average Bonchev–Trinajstić information content (AvgIpc) is 3.23. The molecule has 2 fully saturated rings. The highest BCUT2D eigenvalue weighted by atomic mass is 127. The zero-order chi connectivity index (χ0) is 19.7. The van der Waals surface area contributed by atoms with Crippen molar-refractivity contribution in [2.75, 3.05) is 59.6 Å². The lowest BCUT2D eigenvalue weighted by Crippen LogP contribution is -2.44. The van der Waals surface area contributed by atoms with Crippen molar-refractivity contribution in [2.24, 2.45) is 4.99 Å². The molecule has 1 aliphatic heterocycles. The van der Waals surface area contributed by atoms with Crippen molar-refractivity contribution in [2.45, 2.75) is 38.0 Å². The first-order valence-corrected chi connectivity index (χ1v) is 10.7. The molecular formula is C22H37IN4O2. The van der Waals surface area contributed by atoms with Crippen molar-refractivity contribution in [3.8, 4) is 5.75 Å². The third-order valence-electron chi connectivity index (χ3n) is 5.95. The minimum atomic E-state index is 0. The fraction of sp³-hybridized carbons (Fsp3) is 0.682. The van der Waals surface area contributed by atoms with Gasteiger partial charge in [-0.05, 0) is 37.5 Å². The molecule has 1 saturated heterocycles. The van der Waals surface area contributed by atoms with Gasteiger partial charge in [0.2, 0.25) is 0 Å². The third kappa shape index (κ3) is 7.00. The highest BCUT2D eigenvalue weighted by Crippen LogP contribution is 2.42. The number of aliphatic imine (C=N–C) groups is 1. The number of hydrogen-bond donors (Lipinski definition) is 2. The maximum Gasteiger partial charge on any atom is 0.191 e. The summed E-state index contributed by atoms with van der Waals surface area (Å²) < 4.78 is 10.9. The Hall–Kier alpha value is -1.06. The van der Waals surface area contributed by atoms with E-state index < -0.39 is 0 Å². The van der Waals surface area contributed by atoms with Crippen molar-refractivity contribution in [3.05, 3.63) is 29.8 Å². The van der Waals surface area contributed by atoms with Crippen molar-refractivity contribution >= 4 is 29.9 Å². The number of rotatable bonds is 8. The Labute approximate surface area is 192 Å². The molecule has 0 aromatic heterocycles. The van der Waals surface area contributed by atoms with E-state index in [4.69, 9.17) is 14.5 Å². The fourth-order valence-corrected chi connectivity index (χ4v) is 4.27. The molecule has 1 heterocycles. The van der Waals surface area contributed by atoms with Crippen LogP contribution >= 0.6 is 24.0 Å². The van der Waals surface area contributed by atoms with Crippen LogP contribution in [0.1, 0.15) is 38.2 Å². The van der Waals surface area contributed by atoms with Gasteiger partial charge in [0, 0.05) is 38.1 Å². The summed E-state index contributed by atoms with van der Waals surface area (Å²) >= 11 is 0. The summed E-state index contributed by atoms with van der Waals surface area (Å²) in [7, 11) is 1.74. The quantitative estimate of drug-likeness (QED) is 0.316. The molecule has 0 spiro atoms. The number of benzene rings is 1. The van der Waals surface area contributed by atoms with E-state index in [0.29, 0.717) is 0 Å². The second-order valence-corrected chi connectivity index (χ2v) is 7.80. The molecule has 2 N–H and O–H groups in total. The van der Waals surface area contributed by atoms with E-state index >= 15 is 0 Å². The molecule has 3 rings (SSSR count). The molecular weight excluding hydrogens is 479 g/mol. The van der Waals surface area contributed by atoms with Crippen LogP contribution in [0.2, 0.25) is 0 Å². The molecule has 1 aromatic carbocycles. The third-order valence-corrected chi connectivity index (χ3v) is 5.95. The molecule has 0 unspecified atom stereocenters. The van der Waals surface area contributed by atoms with Crippen LogP contribution in [0.25, 0.3) is 0 Å². The Balaban J connectivity index is 0.00000300. The summed E-state index contributed by atoms with van der Waals surface area (Å²) in [5, 5.41) is 6.92. The van der Waals surface area contributed by atoms with Crippen LogP contribution in [-0.2, 0) is 10.2 Å². The zero-order valence-electron chi connectivity index (χ0n) is 17.9. The second kappa shape index (κ2) is 12.6. The highest BCUT2D eigenvalue weighted by Gasteiger charge is 2.35. The molecule has 29 heavy (non-hydrogen) atoms. The predicted molar refractivity (Wildman–Crippen MR) is 130 cm³/mol. The lowest BCUT2D eigenvalue weighted by atomic mass is 9.79. The molecule has 0 atom stereocenters. The number of guanidine groups is 1. The lowest BCUT2D eigenvalue weighted by molar-refractivity contribution is 0.0389. The number of nitrogens with one attached hydrogen (secondary N) is 2. The largest absolute Gasteiger partial charge is 0.497 e. The molecule has 0 bridgehead atoms. The monoisotopic (exact) mass is 516 g/mol. The first-order chi connectivity index (χ1) is 13.8. The van der Waals surface area contributed by atoms with E-state index in [9.17, 15) is 0 Å². The maximum absolute atomic E-state index is 5.46. The van der Waals surface area contributed by atoms with E-state index in [1.807, 2.05) is 6.07 Å². The van der Waals surface area contributed by atoms with Gasteiger partial charge in [0.15, 0.2) is 5.96 Å². The van der Waals surface area contributed by atoms with E-state index in [1.54, 1.807) is 7.11 Å². The van der Waals surface area contributed by atoms with Gasteiger partial charge in [0.1, 0.15) is 5.75 Å². The standard InChI is InChI=1S/C22H36N4O2.HI/c1-3-23-21(24-11-12-26-13-15-28-16-14-26)25-18-22(9-4-5-10-22)19-7-6-8-20(17-19)27-2;/h6-8,17H,3-5,9-16,18H2,1-2H3,(H2,23,24,25);1H. The van der Waals surface area contributed by atoms with Gasteiger partial charge in [-0.1, -0.05) is 25.0 Å². The first kappa shape index (κ1) is 24.2. The van der Waals surface area contributed by atoms with Crippen molar-refractivity contribution in [3.63, 3.8) is 0 Å². The molecule has 164 valence electrons. The molecule has 2 aliphatic rings. The minimum Gasteiger partial charge on any atom is -0.497 e. The van der Waals surface area contributed by atoms with Crippen LogP contribution in [0.3, 0.4) is 0 Å². The van der Waals surface area contributed by atoms with Gasteiger partial charge >= 0.3 is 0 Å². The van der Waals surface area contributed by atoms with Crippen LogP contribution in [0.15, 0.2) is 29.3 Å². The summed E-state index contributed by atoms with van der Waals surface area (Å²) in [5.41, 5.74) is 1.48. The second-order valence-electron chi connectivity index (χ2n) is 7.80. The Morgan fingerprint density at radius 3 is 2.66 bits per heavy atom. The molecule has 1 aromatic rings. The van der Waals surface area contributed by atoms with Gasteiger partial charge in [-0.3, -0.25) is 9.89 Å². The number of morpholine rings is 1. The van der Waals surface area contributed by atoms with Crippen molar-refractivity contribution < 1.29 is 9.47 Å². The summed E-state index contributed by atoms with van der Waals surface area (Å²) in [6, 6.07) is 8.55. The van der Waals surface area contributed by atoms with Crippen LogP contribution in [0, 0.1) is 0 Å². The predicted octanol–water partition coefficient (Wildman–Crippen LogP) is 3.01. The Bertz CT molecular complexity index is 629. The van der Waals surface area contributed by atoms with Gasteiger partial charge in [-0.15, -0.1) is 24.0 Å². The molecule has 1 aliphatic carbocycles. The smallest absolute Gasteiger partial charge is 0.191 e. The fourth-order valence-electron chi connectivity index (χ4n) is 4.27. The van der Waals surface area contributed by atoms with Gasteiger partial charge in [0.25, 0.3) is 0 Å². The van der Waals surface area contributed by atoms with Gasteiger partial charge in [-0.2, -0.15) is 0 Å². The topological polar surface area (TPSA) is 58.1 Å². The molecule has 1 saturated carbocycles. The Morgan fingerprint density at radius 2 is 1.97 bits per heavy atom. The number of ether oxygens (including phenoxy) is 2. The van der Waals surface area contributed by atoms with Crippen LogP contribution in [-0.4, -0.2) is 70.5 Å². The number of hydrogen-bond acceptors (Lipinski definition) is 4. The normalized spacial score (nSPS) is 19.4. The Morgan fingerprint density at radius 1 is 1.21 bits per heavy atom.